The molecule has 3 amide bonds. The van der Waals surface area contributed by atoms with Gasteiger partial charge in [0.2, 0.25) is 0 Å². The lowest BCUT2D eigenvalue weighted by molar-refractivity contribution is 0.0303. The van der Waals surface area contributed by atoms with E-state index in [-0.39, 0.29) is 23.3 Å². The van der Waals surface area contributed by atoms with Crippen molar-refractivity contribution < 1.29 is 14.3 Å². The summed E-state index contributed by atoms with van der Waals surface area (Å²) >= 11 is 0. The third kappa shape index (κ3) is 5.61. The summed E-state index contributed by atoms with van der Waals surface area (Å²) in [7, 11) is 1.69. The van der Waals surface area contributed by atoms with Crippen molar-refractivity contribution in [3.8, 4) is 11.3 Å². The maximum Gasteiger partial charge on any atom is 0.329 e. The molecule has 0 aliphatic carbocycles. The molecule has 10 heteroatoms. The van der Waals surface area contributed by atoms with Crippen LogP contribution in [0, 0.1) is 13.8 Å². The van der Waals surface area contributed by atoms with Gasteiger partial charge in [-0.1, -0.05) is 29.8 Å². The predicted molar refractivity (Wildman–Crippen MR) is 167 cm³/mol. The fourth-order valence-electron chi connectivity index (χ4n) is 5.52. The molecule has 1 aromatic heterocycles. The molecule has 0 saturated carbocycles. The second-order valence-corrected chi connectivity index (χ2v) is 10.9. The number of hydrogen-bond acceptors (Lipinski definition) is 6. The summed E-state index contributed by atoms with van der Waals surface area (Å²) in [5, 5.41) is 3.13. The predicted octanol–water partition coefficient (Wildman–Crippen LogP) is 4.73. The minimum Gasteiger partial charge on any atom is -0.378 e. The number of benzene rings is 3. The van der Waals surface area contributed by atoms with Gasteiger partial charge in [0, 0.05) is 67.6 Å². The number of morpholine rings is 1. The molecule has 2 saturated heterocycles. The van der Waals surface area contributed by atoms with E-state index in [0.717, 1.165) is 28.1 Å². The highest BCUT2D eigenvalue weighted by Gasteiger charge is 2.32. The molecule has 2 fully saturated rings. The van der Waals surface area contributed by atoms with E-state index in [4.69, 9.17) is 9.72 Å². The summed E-state index contributed by atoms with van der Waals surface area (Å²) < 4.78 is 6.83. The average Bonchev–Trinajstić information content (AvgIpc) is 3.41. The normalized spacial score (nSPS) is 15.2. The zero-order valence-electron chi connectivity index (χ0n) is 24.5. The minimum atomic E-state index is -0.283. The molecular weight excluding hydrogens is 544 g/mol. The van der Waals surface area contributed by atoms with Gasteiger partial charge in [-0.05, 0) is 61.9 Å². The van der Waals surface area contributed by atoms with Crippen molar-refractivity contribution in [3.63, 3.8) is 0 Å². The standard InChI is InChI=1S/C33H34N6O4/c1-22-7-13-26(14-8-22)38-15-16-39(33(38)42)29-6-4-5-27(23(29)2)28-21-36(3)32(41)30(35-28)34-25-11-9-24(10-12-25)31(40)37-17-19-43-20-18-37/h4-14,21H,15-20H2,1-3H3,(H,34,35). The van der Waals surface area contributed by atoms with Crippen LogP contribution in [0.1, 0.15) is 21.5 Å². The third-order valence-corrected chi connectivity index (χ3v) is 7.99. The van der Waals surface area contributed by atoms with E-state index in [1.54, 1.807) is 52.2 Å². The van der Waals surface area contributed by atoms with Crippen LogP contribution >= 0.6 is 0 Å². The lowest BCUT2D eigenvalue weighted by atomic mass is 10.0. The number of aromatic nitrogens is 2. The first-order valence-electron chi connectivity index (χ1n) is 14.4. The van der Waals surface area contributed by atoms with Gasteiger partial charge in [0.25, 0.3) is 11.5 Å². The highest BCUT2D eigenvalue weighted by Crippen LogP contribution is 2.33. The van der Waals surface area contributed by atoms with Crippen molar-refractivity contribution in [1.29, 1.82) is 0 Å². The second kappa shape index (κ2) is 11.7. The van der Waals surface area contributed by atoms with Gasteiger partial charge < -0.3 is 19.5 Å². The summed E-state index contributed by atoms with van der Waals surface area (Å²) in [5.41, 5.74) is 6.08. The Bertz CT molecular complexity index is 1730. The van der Waals surface area contributed by atoms with E-state index in [9.17, 15) is 14.4 Å². The smallest absolute Gasteiger partial charge is 0.329 e. The molecule has 2 aliphatic heterocycles. The average molecular weight is 579 g/mol. The van der Waals surface area contributed by atoms with Gasteiger partial charge >= 0.3 is 6.03 Å². The molecule has 0 atom stereocenters. The van der Waals surface area contributed by atoms with Crippen LogP contribution in [0.3, 0.4) is 0 Å². The number of anilines is 4. The molecule has 2 aliphatic rings. The number of urea groups is 1. The van der Waals surface area contributed by atoms with Crippen molar-refractivity contribution in [2.75, 3.05) is 54.5 Å². The Morgan fingerprint density at radius 3 is 2.28 bits per heavy atom. The first-order valence-corrected chi connectivity index (χ1v) is 14.4. The Morgan fingerprint density at radius 2 is 1.56 bits per heavy atom. The SMILES string of the molecule is Cc1ccc(N2CCN(c3cccc(-c4cn(C)c(=O)c(Nc5ccc(C(=O)N6CCOCC6)cc5)n4)c3C)C2=O)cc1. The van der Waals surface area contributed by atoms with Crippen LogP contribution in [0.4, 0.5) is 27.7 Å². The van der Waals surface area contributed by atoms with Gasteiger partial charge in [0.15, 0.2) is 5.82 Å². The third-order valence-electron chi connectivity index (χ3n) is 7.99. The molecule has 6 rings (SSSR count). The number of carbonyl (C=O) groups is 2. The van der Waals surface area contributed by atoms with Crippen LogP contribution in [0.25, 0.3) is 11.3 Å². The molecule has 0 spiro atoms. The molecule has 0 unspecified atom stereocenters. The summed E-state index contributed by atoms with van der Waals surface area (Å²) in [4.78, 5) is 49.4. The number of rotatable bonds is 6. The van der Waals surface area contributed by atoms with Crippen molar-refractivity contribution in [2.45, 2.75) is 13.8 Å². The Morgan fingerprint density at radius 1 is 0.860 bits per heavy atom. The minimum absolute atomic E-state index is 0.0419. The van der Waals surface area contributed by atoms with Crippen LogP contribution in [0.15, 0.2) is 77.7 Å². The van der Waals surface area contributed by atoms with Crippen LogP contribution in [0.2, 0.25) is 0 Å². The fourth-order valence-corrected chi connectivity index (χ4v) is 5.52. The van der Waals surface area contributed by atoms with E-state index in [0.29, 0.717) is 56.3 Å². The Kier molecular flexibility index (Phi) is 7.69. The number of nitrogens with one attached hydrogen (secondary N) is 1. The topological polar surface area (TPSA) is 100 Å². The number of hydrogen-bond donors (Lipinski definition) is 1. The van der Waals surface area contributed by atoms with E-state index in [1.165, 1.54) is 4.57 Å². The maximum absolute atomic E-state index is 13.5. The second-order valence-electron chi connectivity index (χ2n) is 10.9. The Hall–Kier alpha value is -4.96. The largest absolute Gasteiger partial charge is 0.378 e. The molecule has 43 heavy (non-hydrogen) atoms. The summed E-state index contributed by atoms with van der Waals surface area (Å²) in [6.07, 6.45) is 1.70. The molecule has 4 aromatic rings. The van der Waals surface area contributed by atoms with Gasteiger partial charge in [0.1, 0.15) is 0 Å². The first-order chi connectivity index (χ1) is 20.8. The summed E-state index contributed by atoms with van der Waals surface area (Å²) in [6, 6.07) is 20.7. The Labute approximate surface area is 250 Å². The highest BCUT2D eigenvalue weighted by molar-refractivity contribution is 6.07. The molecule has 0 bridgehead atoms. The number of amides is 3. The van der Waals surface area contributed by atoms with E-state index >= 15 is 0 Å². The lowest BCUT2D eigenvalue weighted by Gasteiger charge is -2.26. The van der Waals surface area contributed by atoms with E-state index in [2.05, 4.69) is 5.32 Å². The van der Waals surface area contributed by atoms with Crippen molar-refractivity contribution >= 4 is 34.8 Å². The van der Waals surface area contributed by atoms with Crippen molar-refractivity contribution in [2.24, 2.45) is 7.05 Å². The summed E-state index contributed by atoms with van der Waals surface area (Å²) in [5.74, 6) is 0.125. The molecule has 1 N–H and O–H groups in total. The highest BCUT2D eigenvalue weighted by atomic mass is 16.5. The lowest BCUT2D eigenvalue weighted by Crippen LogP contribution is -2.40. The zero-order chi connectivity index (χ0) is 30.1. The van der Waals surface area contributed by atoms with Gasteiger partial charge in [-0.3, -0.25) is 19.4 Å². The van der Waals surface area contributed by atoms with Crippen LogP contribution in [-0.2, 0) is 11.8 Å². The van der Waals surface area contributed by atoms with E-state index < -0.39 is 0 Å². The first kappa shape index (κ1) is 28.2. The molecular formula is C33H34N6O4. The van der Waals surface area contributed by atoms with Gasteiger partial charge in [-0.15, -0.1) is 0 Å². The summed E-state index contributed by atoms with van der Waals surface area (Å²) in [6.45, 7) is 7.38. The van der Waals surface area contributed by atoms with Gasteiger partial charge in [-0.25, -0.2) is 9.78 Å². The number of ether oxygens (including phenoxy) is 1. The van der Waals surface area contributed by atoms with Crippen LogP contribution in [-0.4, -0.2) is 65.8 Å². The fraction of sp³-hybridized carbons (Fsp3) is 0.273. The molecule has 220 valence electrons. The van der Waals surface area contributed by atoms with Crippen molar-refractivity contribution in [3.05, 3.63) is 100.0 Å². The number of nitrogens with zero attached hydrogens (tertiary/aromatic N) is 5. The molecule has 3 aromatic carbocycles. The monoisotopic (exact) mass is 578 g/mol. The van der Waals surface area contributed by atoms with Crippen molar-refractivity contribution in [1.82, 2.24) is 14.5 Å². The quantitative estimate of drug-likeness (QED) is 0.355. The maximum atomic E-state index is 13.5. The van der Waals surface area contributed by atoms with E-state index in [1.807, 2.05) is 56.3 Å². The zero-order valence-corrected chi connectivity index (χ0v) is 24.5. The van der Waals surface area contributed by atoms with Crippen LogP contribution < -0.4 is 20.7 Å². The molecule has 3 heterocycles. The molecule has 0 radical (unpaired) electrons. The van der Waals surface area contributed by atoms with Gasteiger partial charge in [-0.2, -0.15) is 0 Å². The molecule has 10 nitrogen and oxygen atoms in total. The number of carbonyl (C=O) groups excluding carboxylic acids is 2. The number of aryl methyl sites for hydroxylation is 2. The van der Waals surface area contributed by atoms with Gasteiger partial charge in [0.05, 0.1) is 18.9 Å². The van der Waals surface area contributed by atoms with Crippen LogP contribution in [0.5, 0.6) is 0 Å². The Balaban J connectivity index is 1.24.